The second kappa shape index (κ2) is 5.78. The highest BCUT2D eigenvalue weighted by Crippen LogP contribution is 2.17. The Hall–Kier alpha value is -1.41. The third kappa shape index (κ3) is 3.82. The number of nitrogens with one attached hydrogen (secondary N) is 1. The maximum Gasteiger partial charge on any atom is 0.103 e. The molecule has 0 aliphatic carbocycles. The Morgan fingerprint density at radius 2 is 2.18 bits per heavy atom. The van der Waals surface area contributed by atoms with E-state index in [0.29, 0.717) is 6.04 Å². The van der Waals surface area contributed by atoms with E-state index in [9.17, 15) is 0 Å². The largest absolute Gasteiger partial charge is 0.469 e. The van der Waals surface area contributed by atoms with E-state index in [4.69, 9.17) is 16.0 Å². The first-order valence-electron chi connectivity index (χ1n) is 5.78. The highest BCUT2D eigenvalue weighted by molar-refractivity contribution is 6.30. The number of halogens is 1. The zero-order valence-corrected chi connectivity index (χ0v) is 10.6. The molecule has 17 heavy (non-hydrogen) atoms. The van der Waals surface area contributed by atoms with Crippen LogP contribution in [0.5, 0.6) is 0 Å². The number of furan rings is 1. The lowest BCUT2D eigenvalue weighted by molar-refractivity contribution is 0.495. The minimum absolute atomic E-state index is 0.388. The van der Waals surface area contributed by atoms with Gasteiger partial charge in [0, 0.05) is 23.2 Å². The summed E-state index contributed by atoms with van der Waals surface area (Å²) < 4.78 is 5.30. The third-order valence-corrected chi connectivity index (χ3v) is 2.88. The summed E-state index contributed by atoms with van der Waals surface area (Å²) in [4.78, 5) is 0. The van der Waals surface area contributed by atoms with Crippen LogP contribution in [0.15, 0.2) is 47.1 Å². The summed E-state index contributed by atoms with van der Waals surface area (Å²) in [5.74, 6) is 1.03. The van der Waals surface area contributed by atoms with E-state index in [1.807, 2.05) is 36.4 Å². The van der Waals surface area contributed by atoms with Gasteiger partial charge in [-0.1, -0.05) is 17.7 Å². The Labute approximate surface area is 107 Å². The topological polar surface area (TPSA) is 25.2 Å². The number of anilines is 1. The first-order valence-corrected chi connectivity index (χ1v) is 6.16. The van der Waals surface area contributed by atoms with Gasteiger partial charge < -0.3 is 9.73 Å². The molecule has 0 fully saturated rings. The summed E-state index contributed by atoms with van der Waals surface area (Å²) in [7, 11) is 0. The predicted molar refractivity (Wildman–Crippen MR) is 71.6 cm³/mol. The Kier molecular flexibility index (Phi) is 4.10. The van der Waals surface area contributed by atoms with Crippen LogP contribution in [0, 0.1) is 0 Å². The normalized spacial score (nSPS) is 12.4. The third-order valence-electron chi connectivity index (χ3n) is 2.64. The fraction of sp³-hybridized carbons (Fsp3) is 0.286. The van der Waals surface area contributed by atoms with E-state index in [-0.39, 0.29) is 0 Å². The zero-order valence-electron chi connectivity index (χ0n) is 9.82. The SMILES string of the molecule is CC(CCc1ccco1)Nc1cccc(Cl)c1. The molecule has 2 aromatic rings. The second-order valence-electron chi connectivity index (χ2n) is 4.17. The van der Waals surface area contributed by atoms with Gasteiger partial charge in [-0.3, -0.25) is 0 Å². The van der Waals surface area contributed by atoms with E-state index in [1.165, 1.54) is 0 Å². The van der Waals surface area contributed by atoms with E-state index in [0.717, 1.165) is 29.3 Å². The molecule has 90 valence electrons. The summed E-state index contributed by atoms with van der Waals surface area (Å²) in [6, 6.07) is 12.1. The smallest absolute Gasteiger partial charge is 0.103 e. The van der Waals surface area contributed by atoms with Gasteiger partial charge in [0.1, 0.15) is 5.76 Å². The van der Waals surface area contributed by atoms with Crippen molar-refractivity contribution in [3.05, 3.63) is 53.4 Å². The van der Waals surface area contributed by atoms with Crippen molar-refractivity contribution < 1.29 is 4.42 Å². The van der Waals surface area contributed by atoms with Crippen molar-refractivity contribution in [3.63, 3.8) is 0 Å². The lowest BCUT2D eigenvalue weighted by atomic mass is 10.1. The van der Waals surface area contributed by atoms with Crippen LogP contribution in [0.3, 0.4) is 0 Å². The van der Waals surface area contributed by atoms with Crippen LogP contribution >= 0.6 is 11.6 Å². The van der Waals surface area contributed by atoms with Crippen molar-refractivity contribution in [1.82, 2.24) is 0 Å². The summed E-state index contributed by atoms with van der Waals surface area (Å²) >= 11 is 5.93. The van der Waals surface area contributed by atoms with Crippen molar-refractivity contribution in [3.8, 4) is 0 Å². The molecule has 0 bridgehead atoms. The van der Waals surface area contributed by atoms with Gasteiger partial charge in [-0.15, -0.1) is 0 Å². The summed E-state index contributed by atoms with van der Waals surface area (Å²) in [5.41, 5.74) is 1.06. The molecule has 0 saturated carbocycles. The van der Waals surface area contributed by atoms with E-state index in [1.54, 1.807) is 6.26 Å². The summed E-state index contributed by atoms with van der Waals surface area (Å²) in [5, 5.41) is 4.18. The highest BCUT2D eigenvalue weighted by Gasteiger charge is 2.04. The molecule has 2 rings (SSSR count). The molecule has 1 heterocycles. The van der Waals surface area contributed by atoms with Crippen molar-refractivity contribution in [1.29, 1.82) is 0 Å². The molecule has 0 aliphatic heterocycles. The minimum Gasteiger partial charge on any atom is -0.469 e. The number of aryl methyl sites for hydroxylation is 1. The van der Waals surface area contributed by atoms with Crippen LogP contribution in [0.4, 0.5) is 5.69 Å². The van der Waals surface area contributed by atoms with Crippen molar-refractivity contribution in [2.45, 2.75) is 25.8 Å². The lowest BCUT2D eigenvalue weighted by Crippen LogP contribution is -2.15. The Balaban J connectivity index is 1.83. The molecule has 2 nitrogen and oxygen atoms in total. The molecule has 1 atom stereocenters. The highest BCUT2D eigenvalue weighted by atomic mass is 35.5. The van der Waals surface area contributed by atoms with Crippen molar-refractivity contribution in [2.24, 2.45) is 0 Å². The molecule has 3 heteroatoms. The Morgan fingerprint density at radius 1 is 1.29 bits per heavy atom. The molecule has 1 aromatic heterocycles. The van der Waals surface area contributed by atoms with Crippen molar-refractivity contribution in [2.75, 3.05) is 5.32 Å². The van der Waals surface area contributed by atoms with E-state index >= 15 is 0 Å². The number of benzene rings is 1. The average molecular weight is 250 g/mol. The molecular weight excluding hydrogens is 234 g/mol. The standard InChI is InChI=1S/C14H16ClNO/c1-11(7-8-14-6-3-9-17-14)16-13-5-2-4-12(15)10-13/h2-6,9-11,16H,7-8H2,1H3. The molecular formula is C14H16ClNO. The minimum atomic E-state index is 0.388. The Morgan fingerprint density at radius 3 is 2.88 bits per heavy atom. The van der Waals surface area contributed by atoms with Gasteiger partial charge in [0.2, 0.25) is 0 Å². The van der Waals surface area contributed by atoms with Crippen LogP contribution in [-0.4, -0.2) is 6.04 Å². The summed E-state index contributed by atoms with van der Waals surface area (Å²) in [6.07, 6.45) is 3.69. The first kappa shape index (κ1) is 12.1. The molecule has 0 saturated heterocycles. The van der Waals surface area contributed by atoms with Crippen LogP contribution in [0.1, 0.15) is 19.1 Å². The fourth-order valence-corrected chi connectivity index (χ4v) is 1.94. The monoisotopic (exact) mass is 249 g/mol. The first-order chi connectivity index (χ1) is 8.24. The average Bonchev–Trinajstić information content (AvgIpc) is 2.79. The van der Waals surface area contributed by atoms with Crippen molar-refractivity contribution >= 4 is 17.3 Å². The van der Waals surface area contributed by atoms with Gasteiger partial charge >= 0.3 is 0 Å². The van der Waals surface area contributed by atoms with Crippen LogP contribution < -0.4 is 5.32 Å². The van der Waals surface area contributed by atoms with Crippen LogP contribution in [-0.2, 0) is 6.42 Å². The molecule has 0 spiro atoms. The quantitative estimate of drug-likeness (QED) is 0.851. The molecule has 0 aliphatic rings. The van der Waals surface area contributed by atoms with Gasteiger partial charge in [-0.05, 0) is 43.7 Å². The predicted octanol–water partition coefficient (Wildman–Crippen LogP) is 4.37. The van der Waals surface area contributed by atoms with Gasteiger partial charge in [0.25, 0.3) is 0 Å². The molecule has 0 radical (unpaired) electrons. The number of hydrogen-bond donors (Lipinski definition) is 1. The van der Waals surface area contributed by atoms with Gasteiger partial charge in [-0.2, -0.15) is 0 Å². The number of rotatable bonds is 5. The maximum absolute atomic E-state index is 5.93. The fourth-order valence-electron chi connectivity index (χ4n) is 1.75. The van der Waals surface area contributed by atoms with Gasteiger partial charge in [-0.25, -0.2) is 0 Å². The molecule has 1 unspecified atom stereocenters. The van der Waals surface area contributed by atoms with Crippen LogP contribution in [0.2, 0.25) is 5.02 Å². The molecule has 1 aromatic carbocycles. The van der Waals surface area contributed by atoms with Gasteiger partial charge in [0.05, 0.1) is 6.26 Å². The van der Waals surface area contributed by atoms with E-state index < -0.39 is 0 Å². The Bertz CT molecular complexity index is 453. The number of hydrogen-bond acceptors (Lipinski definition) is 2. The molecule has 0 amide bonds. The lowest BCUT2D eigenvalue weighted by Gasteiger charge is -2.14. The van der Waals surface area contributed by atoms with Crippen LogP contribution in [0.25, 0.3) is 0 Å². The van der Waals surface area contributed by atoms with Gasteiger partial charge in [0.15, 0.2) is 0 Å². The van der Waals surface area contributed by atoms with E-state index in [2.05, 4.69) is 12.2 Å². The summed E-state index contributed by atoms with van der Waals surface area (Å²) in [6.45, 7) is 2.16. The zero-order chi connectivity index (χ0) is 12.1. The maximum atomic E-state index is 5.93. The second-order valence-corrected chi connectivity index (χ2v) is 4.61. The molecule has 1 N–H and O–H groups in total.